The SMILES string of the molecule is COc1cc([C@H]2CC(=O)c3c(C)nc(N4CCCC4)nc3C2)cc(OC)c1OC. The number of fused-ring (bicyclic) bond motifs is 1. The van der Waals surface area contributed by atoms with Gasteiger partial charge in [0, 0.05) is 19.5 Å². The van der Waals surface area contributed by atoms with Crippen molar-refractivity contribution in [1.82, 2.24) is 9.97 Å². The Balaban J connectivity index is 1.72. The van der Waals surface area contributed by atoms with Crippen LogP contribution in [0.4, 0.5) is 5.95 Å². The summed E-state index contributed by atoms with van der Waals surface area (Å²) in [6, 6.07) is 3.86. The number of benzene rings is 1. The van der Waals surface area contributed by atoms with Gasteiger partial charge in [-0.2, -0.15) is 0 Å². The molecule has 1 fully saturated rings. The van der Waals surface area contributed by atoms with Crippen molar-refractivity contribution in [2.45, 2.75) is 38.5 Å². The predicted octanol–water partition coefficient (Wildman–Crippen LogP) is 3.32. The summed E-state index contributed by atoms with van der Waals surface area (Å²) in [6.45, 7) is 3.86. The molecule has 0 spiro atoms. The molecular weight excluding hydrogens is 370 g/mol. The molecule has 2 heterocycles. The Kier molecular flexibility index (Phi) is 5.30. The van der Waals surface area contributed by atoms with E-state index in [0.29, 0.717) is 35.7 Å². The first-order valence-corrected chi connectivity index (χ1v) is 10.0. The summed E-state index contributed by atoms with van der Waals surface area (Å²) in [6.07, 6.45) is 3.42. The van der Waals surface area contributed by atoms with Crippen molar-refractivity contribution in [2.75, 3.05) is 39.3 Å². The van der Waals surface area contributed by atoms with Gasteiger partial charge in [0.25, 0.3) is 0 Å². The van der Waals surface area contributed by atoms with E-state index >= 15 is 0 Å². The number of carbonyl (C=O) groups excluding carboxylic acids is 1. The van der Waals surface area contributed by atoms with Crippen LogP contribution in [-0.2, 0) is 6.42 Å². The molecule has 0 unspecified atom stereocenters. The van der Waals surface area contributed by atoms with Crippen molar-refractivity contribution in [2.24, 2.45) is 0 Å². The number of rotatable bonds is 5. The van der Waals surface area contributed by atoms with Crippen LogP contribution in [0.3, 0.4) is 0 Å². The van der Waals surface area contributed by atoms with Gasteiger partial charge in [-0.15, -0.1) is 0 Å². The van der Waals surface area contributed by atoms with E-state index in [0.717, 1.165) is 48.8 Å². The van der Waals surface area contributed by atoms with E-state index in [2.05, 4.69) is 9.88 Å². The number of anilines is 1. The van der Waals surface area contributed by atoms with E-state index < -0.39 is 0 Å². The third kappa shape index (κ3) is 3.50. The van der Waals surface area contributed by atoms with E-state index in [1.807, 2.05) is 19.1 Å². The molecule has 4 rings (SSSR count). The summed E-state index contributed by atoms with van der Waals surface area (Å²) >= 11 is 0. The summed E-state index contributed by atoms with van der Waals surface area (Å²) in [5.41, 5.74) is 3.30. The Bertz CT molecular complexity index is 913. The van der Waals surface area contributed by atoms with Gasteiger partial charge in [-0.3, -0.25) is 4.79 Å². The topological polar surface area (TPSA) is 73.8 Å². The minimum atomic E-state index is 0.00411. The molecular formula is C22H27N3O4. The zero-order valence-corrected chi connectivity index (χ0v) is 17.4. The number of ether oxygens (including phenoxy) is 3. The van der Waals surface area contributed by atoms with Gasteiger partial charge in [0.2, 0.25) is 11.7 Å². The van der Waals surface area contributed by atoms with Crippen LogP contribution in [0.25, 0.3) is 0 Å². The fourth-order valence-electron chi connectivity index (χ4n) is 4.39. The van der Waals surface area contributed by atoms with Crippen LogP contribution in [0.2, 0.25) is 0 Å². The molecule has 1 aliphatic heterocycles. The fourth-order valence-corrected chi connectivity index (χ4v) is 4.39. The lowest BCUT2D eigenvalue weighted by atomic mass is 9.81. The number of Topliss-reactive ketones (excluding diaryl/α,β-unsaturated/α-hetero) is 1. The maximum Gasteiger partial charge on any atom is 0.225 e. The summed E-state index contributed by atoms with van der Waals surface area (Å²) < 4.78 is 16.4. The summed E-state index contributed by atoms with van der Waals surface area (Å²) in [5.74, 6) is 2.58. The summed E-state index contributed by atoms with van der Waals surface area (Å²) in [4.78, 5) is 24.6. The molecule has 1 aromatic carbocycles. The Morgan fingerprint density at radius 2 is 1.62 bits per heavy atom. The van der Waals surface area contributed by atoms with Gasteiger partial charge >= 0.3 is 0 Å². The normalized spacial score (nSPS) is 18.6. The molecule has 154 valence electrons. The van der Waals surface area contributed by atoms with E-state index in [4.69, 9.17) is 19.2 Å². The van der Waals surface area contributed by atoms with Gasteiger partial charge in [0.1, 0.15) is 0 Å². The maximum atomic E-state index is 13.0. The van der Waals surface area contributed by atoms with Gasteiger partial charge in [-0.1, -0.05) is 0 Å². The largest absolute Gasteiger partial charge is 0.493 e. The lowest BCUT2D eigenvalue weighted by molar-refractivity contribution is 0.0962. The number of hydrogen-bond donors (Lipinski definition) is 0. The second kappa shape index (κ2) is 7.89. The number of nitrogens with zero attached hydrogens (tertiary/aromatic N) is 3. The second-order valence-corrected chi connectivity index (χ2v) is 7.61. The van der Waals surface area contributed by atoms with Crippen LogP contribution in [0.1, 0.15) is 52.5 Å². The van der Waals surface area contributed by atoms with Crippen LogP contribution in [0.5, 0.6) is 17.2 Å². The molecule has 2 aliphatic rings. The molecule has 29 heavy (non-hydrogen) atoms. The lowest BCUT2D eigenvalue weighted by Crippen LogP contribution is -2.26. The molecule has 0 saturated carbocycles. The third-order valence-electron chi connectivity index (χ3n) is 5.85. The summed E-state index contributed by atoms with van der Waals surface area (Å²) in [5, 5.41) is 0. The molecule has 1 aliphatic carbocycles. The maximum absolute atomic E-state index is 13.0. The van der Waals surface area contributed by atoms with E-state index in [9.17, 15) is 4.79 Å². The third-order valence-corrected chi connectivity index (χ3v) is 5.85. The quantitative estimate of drug-likeness (QED) is 0.766. The lowest BCUT2D eigenvalue weighted by Gasteiger charge is -2.27. The Morgan fingerprint density at radius 3 is 2.21 bits per heavy atom. The number of methoxy groups -OCH3 is 3. The van der Waals surface area contributed by atoms with E-state index in [1.54, 1.807) is 21.3 Å². The van der Waals surface area contributed by atoms with Gasteiger partial charge in [-0.25, -0.2) is 9.97 Å². The molecule has 7 nitrogen and oxygen atoms in total. The average molecular weight is 397 g/mol. The summed E-state index contributed by atoms with van der Waals surface area (Å²) in [7, 11) is 4.78. The zero-order valence-electron chi connectivity index (χ0n) is 17.4. The van der Waals surface area contributed by atoms with Gasteiger partial charge in [0.15, 0.2) is 17.3 Å². The monoisotopic (exact) mass is 397 g/mol. The molecule has 2 aromatic rings. The number of ketones is 1. The zero-order chi connectivity index (χ0) is 20.5. The molecule has 0 radical (unpaired) electrons. The van der Waals surface area contributed by atoms with Crippen molar-refractivity contribution in [1.29, 1.82) is 0 Å². The van der Waals surface area contributed by atoms with Crippen molar-refractivity contribution < 1.29 is 19.0 Å². The standard InChI is InChI=1S/C22H27N3O4/c1-13-20-16(24-22(23-13)25-7-5-6-8-25)9-14(10-17(20)26)15-11-18(27-2)21(29-4)19(12-15)28-3/h11-12,14H,5-10H2,1-4H3/t14-/m1/s1. The second-order valence-electron chi connectivity index (χ2n) is 7.61. The minimum absolute atomic E-state index is 0.00411. The average Bonchev–Trinajstić information content (AvgIpc) is 3.26. The van der Waals surface area contributed by atoms with Crippen LogP contribution >= 0.6 is 0 Å². The molecule has 7 heteroatoms. The molecule has 0 bridgehead atoms. The fraction of sp³-hybridized carbons (Fsp3) is 0.500. The van der Waals surface area contributed by atoms with Crippen molar-refractivity contribution in [3.05, 3.63) is 34.6 Å². The molecule has 0 amide bonds. The first kappa shape index (κ1) is 19.5. The van der Waals surface area contributed by atoms with E-state index in [-0.39, 0.29) is 11.7 Å². The highest BCUT2D eigenvalue weighted by atomic mass is 16.5. The highest BCUT2D eigenvalue weighted by Crippen LogP contribution is 2.43. The molecule has 0 N–H and O–H groups in total. The minimum Gasteiger partial charge on any atom is -0.493 e. The molecule has 1 atom stereocenters. The Hall–Kier alpha value is -2.83. The van der Waals surface area contributed by atoms with Crippen LogP contribution in [0, 0.1) is 6.92 Å². The number of hydrogen-bond acceptors (Lipinski definition) is 7. The predicted molar refractivity (Wildman–Crippen MR) is 110 cm³/mol. The highest BCUT2D eigenvalue weighted by molar-refractivity contribution is 5.99. The first-order chi connectivity index (χ1) is 14.0. The first-order valence-electron chi connectivity index (χ1n) is 10.0. The van der Waals surface area contributed by atoms with E-state index in [1.165, 1.54) is 0 Å². The highest BCUT2D eigenvalue weighted by Gasteiger charge is 2.32. The van der Waals surface area contributed by atoms with Crippen molar-refractivity contribution in [3.63, 3.8) is 0 Å². The Labute approximate surface area is 171 Å². The van der Waals surface area contributed by atoms with Crippen molar-refractivity contribution >= 4 is 11.7 Å². The number of aryl methyl sites for hydroxylation is 1. The molecule has 1 saturated heterocycles. The number of aromatic nitrogens is 2. The van der Waals surface area contributed by atoms with Crippen LogP contribution in [0.15, 0.2) is 12.1 Å². The smallest absolute Gasteiger partial charge is 0.225 e. The molecule has 1 aromatic heterocycles. The number of carbonyl (C=O) groups is 1. The van der Waals surface area contributed by atoms with Gasteiger partial charge in [-0.05, 0) is 49.8 Å². The Morgan fingerprint density at radius 1 is 0.966 bits per heavy atom. The van der Waals surface area contributed by atoms with Gasteiger partial charge < -0.3 is 19.1 Å². The van der Waals surface area contributed by atoms with Crippen molar-refractivity contribution in [3.8, 4) is 17.2 Å². The van der Waals surface area contributed by atoms with Crippen LogP contribution < -0.4 is 19.1 Å². The van der Waals surface area contributed by atoms with Crippen LogP contribution in [-0.4, -0.2) is 50.2 Å². The van der Waals surface area contributed by atoms with Gasteiger partial charge in [0.05, 0.1) is 38.3 Å².